The molecule has 5 heteroatoms. The Kier molecular flexibility index (Phi) is 5.48. The highest BCUT2D eigenvalue weighted by molar-refractivity contribution is 5.86. The van der Waals surface area contributed by atoms with E-state index in [1.165, 1.54) is 5.56 Å². The summed E-state index contributed by atoms with van der Waals surface area (Å²) in [6, 6.07) is 6.38. The van der Waals surface area contributed by atoms with Crippen molar-refractivity contribution in [2.75, 3.05) is 24.6 Å². The molecular formula is C25H32N2O3. The largest absolute Gasteiger partial charge is 0.493 e. The van der Waals surface area contributed by atoms with Gasteiger partial charge in [0.1, 0.15) is 5.75 Å². The molecule has 1 fully saturated rings. The van der Waals surface area contributed by atoms with Gasteiger partial charge in [0.05, 0.1) is 18.7 Å². The molecule has 0 unspecified atom stereocenters. The number of hydrogen-bond acceptors (Lipinski definition) is 4. The molecule has 0 atom stereocenters. The summed E-state index contributed by atoms with van der Waals surface area (Å²) in [4.78, 5) is 18.9. The minimum absolute atomic E-state index is 0.00457. The van der Waals surface area contributed by atoms with Crippen LogP contribution in [0.15, 0.2) is 18.2 Å². The van der Waals surface area contributed by atoms with E-state index in [2.05, 4.69) is 36.9 Å². The van der Waals surface area contributed by atoms with E-state index in [-0.39, 0.29) is 6.42 Å². The second-order valence-corrected chi connectivity index (χ2v) is 9.48. The molecule has 5 nitrogen and oxygen atoms in total. The van der Waals surface area contributed by atoms with Crippen LogP contribution in [-0.4, -0.2) is 35.8 Å². The molecule has 2 aliphatic heterocycles. The first-order valence-electron chi connectivity index (χ1n) is 11.0. The van der Waals surface area contributed by atoms with Crippen LogP contribution in [0.5, 0.6) is 5.75 Å². The van der Waals surface area contributed by atoms with Crippen molar-refractivity contribution >= 4 is 11.7 Å². The Labute approximate surface area is 179 Å². The van der Waals surface area contributed by atoms with Crippen LogP contribution in [0, 0.1) is 19.3 Å². The Morgan fingerprint density at radius 1 is 1.20 bits per heavy atom. The molecule has 2 aromatic rings. The highest BCUT2D eigenvalue weighted by atomic mass is 16.5. The van der Waals surface area contributed by atoms with Gasteiger partial charge in [-0.1, -0.05) is 19.9 Å². The average molecular weight is 409 g/mol. The van der Waals surface area contributed by atoms with Crippen molar-refractivity contribution in [1.82, 2.24) is 4.98 Å². The van der Waals surface area contributed by atoms with Crippen molar-refractivity contribution in [3.05, 3.63) is 40.7 Å². The highest BCUT2D eigenvalue weighted by Crippen LogP contribution is 2.42. The van der Waals surface area contributed by atoms with Gasteiger partial charge in [-0.05, 0) is 68.2 Å². The van der Waals surface area contributed by atoms with E-state index < -0.39 is 5.97 Å². The number of pyridine rings is 1. The summed E-state index contributed by atoms with van der Waals surface area (Å²) in [5.41, 5.74) is 7.42. The third kappa shape index (κ3) is 4.03. The molecule has 1 N–H and O–H groups in total. The molecule has 0 radical (unpaired) electrons. The molecule has 30 heavy (non-hydrogen) atoms. The third-order valence-electron chi connectivity index (χ3n) is 6.62. The number of anilines is 1. The molecule has 1 aromatic heterocycles. The Bertz CT molecular complexity index is 971. The third-order valence-corrected chi connectivity index (χ3v) is 6.62. The van der Waals surface area contributed by atoms with Crippen LogP contribution in [0.1, 0.15) is 55.6 Å². The molecule has 0 spiro atoms. The lowest BCUT2D eigenvalue weighted by Crippen LogP contribution is -2.38. The molecule has 0 saturated carbocycles. The maximum atomic E-state index is 11.7. The van der Waals surface area contributed by atoms with Gasteiger partial charge in [0.2, 0.25) is 0 Å². The second-order valence-electron chi connectivity index (χ2n) is 9.48. The molecule has 0 aliphatic carbocycles. The predicted octanol–water partition coefficient (Wildman–Crippen LogP) is 4.94. The normalized spacial score (nSPS) is 17.9. The number of carbonyl (C=O) groups is 1. The number of aromatic nitrogens is 1. The van der Waals surface area contributed by atoms with E-state index in [0.717, 1.165) is 84.9 Å². The molecule has 3 heterocycles. The van der Waals surface area contributed by atoms with Crippen molar-refractivity contribution in [2.45, 2.75) is 59.8 Å². The maximum absolute atomic E-state index is 11.7. The Morgan fingerprint density at radius 2 is 1.93 bits per heavy atom. The summed E-state index contributed by atoms with van der Waals surface area (Å²) in [5, 5.41) is 9.62. The monoisotopic (exact) mass is 408 g/mol. The van der Waals surface area contributed by atoms with Crippen LogP contribution in [0.4, 0.5) is 5.69 Å². The summed E-state index contributed by atoms with van der Waals surface area (Å²) in [7, 11) is 0. The molecule has 0 bridgehead atoms. The van der Waals surface area contributed by atoms with E-state index in [0.29, 0.717) is 5.41 Å². The number of piperidine rings is 1. The van der Waals surface area contributed by atoms with E-state index >= 15 is 0 Å². The van der Waals surface area contributed by atoms with E-state index in [9.17, 15) is 9.90 Å². The summed E-state index contributed by atoms with van der Waals surface area (Å²) in [5.74, 6) is 0.155. The summed E-state index contributed by atoms with van der Waals surface area (Å²) in [6.07, 6.45) is 4.22. The average Bonchev–Trinajstić information content (AvgIpc) is 2.69. The summed E-state index contributed by atoms with van der Waals surface area (Å²) < 4.78 is 5.81. The molecule has 1 saturated heterocycles. The number of aryl methyl sites for hydroxylation is 3. The number of fused-ring (bicyclic) bond motifs is 1. The van der Waals surface area contributed by atoms with Gasteiger partial charge < -0.3 is 14.7 Å². The first-order valence-corrected chi connectivity index (χ1v) is 11.0. The number of hydrogen-bond donors (Lipinski definition) is 1. The zero-order chi connectivity index (χ0) is 21.5. The van der Waals surface area contributed by atoms with Gasteiger partial charge in [-0.15, -0.1) is 0 Å². The van der Waals surface area contributed by atoms with Crippen LogP contribution in [-0.2, 0) is 17.6 Å². The minimum Gasteiger partial charge on any atom is -0.493 e. The standard InChI is InChI=1S/C25H32N2O3/c1-16-20(15-22(28)29)24(27-11-9-25(3,4)10-12-27)23(17(2)26-16)19-7-8-21-18(14-19)6-5-13-30-21/h7-8,14H,5-6,9-13,15H2,1-4H3,(H,28,29). The number of carboxylic acid groups (broad SMARTS) is 1. The predicted molar refractivity (Wildman–Crippen MR) is 120 cm³/mol. The zero-order valence-corrected chi connectivity index (χ0v) is 18.5. The van der Waals surface area contributed by atoms with Crippen molar-refractivity contribution in [2.24, 2.45) is 5.41 Å². The van der Waals surface area contributed by atoms with Crippen LogP contribution in [0.2, 0.25) is 0 Å². The first-order chi connectivity index (χ1) is 14.2. The lowest BCUT2D eigenvalue weighted by Gasteiger charge is -2.40. The zero-order valence-electron chi connectivity index (χ0n) is 18.5. The summed E-state index contributed by atoms with van der Waals surface area (Å²) >= 11 is 0. The number of carboxylic acids is 1. The van der Waals surface area contributed by atoms with Gasteiger partial charge in [-0.2, -0.15) is 0 Å². The highest BCUT2D eigenvalue weighted by Gasteiger charge is 2.30. The van der Waals surface area contributed by atoms with Crippen molar-refractivity contribution in [1.29, 1.82) is 0 Å². The Morgan fingerprint density at radius 3 is 2.63 bits per heavy atom. The van der Waals surface area contributed by atoms with Crippen LogP contribution in [0.3, 0.4) is 0 Å². The van der Waals surface area contributed by atoms with Crippen molar-refractivity contribution in [3.63, 3.8) is 0 Å². The van der Waals surface area contributed by atoms with E-state index in [4.69, 9.17) is 9.72 Å². The number of ether oxygens (including phenoxy) is 1. The van der Waals surface area contributed by atoms with Gasteiger partial charge in [-0.3, -0.25) is 9.78 Å². The fourth-order valence-corrected chi connectivity index (χ4v) is 4.78. The molecule has 2 aliphatic rings. The quantitative estimate of drug-likeness (QED) is 0.776. The maximum Gasteiger partial charge on any atom is 0.307 e. The van der Waals surface area contributed by atoms with E-state index in [1.807, 2.05) is 13.8 Å². The number of benzene rings is 1. The lowest BCUT2D eigenvalue weighted by molar-refractivity contribution is -0.136. The Hall–Kier alpha value is -2.56. The molecule has 160 valence electrons. The van der Waals surface area contributed by atoms with Gasteiger partial charge in [0.15, 0.2) is 0 Å². The lowest BCUT2D eigenvalue weighted by atomic mass is 9.82. The van der Waals surface area contributed by atoms with Gasteiger partial charge in [-0.25, -0.2) is 0 Å². The number of aliphatic carboxylic acids is 1. The Balaban J connectivity index is 1.88. The summed E-state index contributed by atoms with van der Waals surface area (Å²) in [6.45, 7) is 11.3. The van der Waals surface area contributed by atoms with Crippen molar-refractivity contribution < 1.29 is 14.6 Å². The van der Waals surface area contributed by atoms with Crippen LogP contribution in [0.25, 0.3) is 11.1 Å². The molecule has 1 aromatic carbocycles. The first kappa shape index (κ1) is 20.7. The van der Waals surface area contributed by atoms with Crippen LogP contribution < -0.4 is 9.64 Å². The number of nitrogens with zero attached hydrogens (tertiary/aromatic N) is 2. The second kappa shape index (κ2) is 7.93. The fourth-order valence-electron chi connectivity index (χ4n) is 4.78. The van der Waals surface area contributed by atoms with Gasteiger partial charge in [0.25, 0.3) is 0 Å². The fraction of sp³-hybridized carbons (Fsp3) is 0.520. The van der Waals surface area contributed by atoms with Crippen molar-refractivity contribution in [3.8, 4) is 16.9 Å². The van der Waals surface area contributed by atoms with Crippen LogP contribution >= 0.6 is 0 Å². The smallest absolute Gasteiger partial charge is 0.307 e. The molecule has 4 rings (SSSR count). The SMILES string of the molecule is Cc1nc(C)c(-c2ccc3c(c2)CCCO3)c(N2CCC(C)(C)CC2)c1CC(=O)O. The van der Waals surface area contributed by atoms with Gasteiger partial charge >= 0.3 is 5.97 Å². The molecule has 0 amide bonds. The van der Waals surface area contributed by atoms with E-state index in [1.54, 1.807) is 0 Å². The minimum atomic E-state index is -0.813. The molecular weight excluding hydrogens is 376 g/mol. The topological polar surface area (TPSA) is 62.7 Å². The number of rotatable bonds is 4. The van der Waals surface area contributed by atoms with Gasteiger partial charge in [0, 0.05) is 35.6 Å².